The molecule has 0 fully saturated rings. The summed E-state index contributed by atoms with van der Waals surface area (Å²) in [7, 11) is 0. The van der Waals surface area contributed by atoms with Gasteiger partial charge in [-0.15, -0.1) is 0 Å². The number of hydrogen-bond donors (Lipinski definition) is 2. The molecule has 0 aliphatic heterocycles. The molecule has 130 valence electrons. The molecule has 0 bridgehead atoms. The molecule has 7 heteroatoms. The Morgan fingerprint density at radius 3 is 2.81 bits per heavy atom. The Morgan fingerprint density at radius 2 is 2.04 bits per heavy atom. The second-order valence-corrected chi connectivity index (χ2v) is 6.88. The average molecular weight is 410 g/mol. The van der Waals surface area contributed by atoms with Gasteiger partial charge in [0.2, 0.25) is 0 Å². The van der Waals surface area contributed by atoms with Gasteiger partial charge < -0.3 is 10.3 Å². The first-order valence-electron chi connectivity index (χ1n) is 8.15. The number of rotatable bonds is 5. The molecule has 0 aliphatic carbocycles. The topological polar surface area (TPSA) is 75.6 Å². The maximum Gasteiger partial charge on any atom is 0.268 e. The number of nitrogens with one attached hydrogen (secondary N) is 2. The zero-order chi connectivity index (χ0) is 17.9. The molecule has 2 aromatic heterocycles. The van der Waals surface area contributed by atoms with Gasteiger partial charge in [-0.2, -0.15) is 5.10 Å². The van der Waals surface area contributed by atoms with Gasteiger partial charge >= 0.3 is 0 Å². The van der Waals surface area contributed by atoms with Gasteiger partial charge in [0, 0.05) is 15.4 Å². The van der Waals surface area contributed by atoms with Crippen LogP contribution in [0.2, 0.25) is 0 Å². The van der Waals surface area contributed by atoms with E-state index in [1.807, 2.05) is 54.6 Å². The summed E-state index contributed by atoms with van der Waals surface area (Å²) in [4.78, 5) is 20.0. The molecule has 0 radical (unpaired) electrons. The zero-order valence-electron chi connectivity index (χ0n) is 13.8. The van der Waals surface area contributed by atoms with Crippen LogP contribution in [0.4, 0.5) is 0 Å². The Hall–Kier alpha value is -2.93. The Labute approximate surface area is 158 Å². The van der Waals surface area contributed by atoms with Gasteiger partial charge in [0.1, 0.15) is 18.3 Å². The number of amides is 1. The molecular weight excluding hydrogens is 394 g/mol. The van der Waals surface area contributed by atoms with Crippen molar-refractivity contribution in [2.45, 2.75) is 12.6 Å². The highest BCUT2D eigenvalue weighted by atomic mass is 79.9. The van der Waals surface area contributed by atoms with Crippen molar-refractivity contribution in [3.63, 3.8) is 0 Å². The van der Waals surface area contributed by atoms with Gasteiger partial charge in [0.15, 0.2) is 0 Å². The van der Waals surface area contributed by atoms with E-state index in [0.29, 0.717) is 12.2 Å². The third kappa shape index (κ3) is 3.52. The monoisotopic (exact) mass is 409 g/mol. The summed E-state index contributed by atoms with van der Waals surface area (Å²) in [6.45, 7) is 0.502. The van der Waals surface area contributed by atoms with Crippen LogP contribution < -0.4 is 5.32 Å². The summed E-state index contributed by atoms with van der Waals surface area (Å²) < 4.78 is 2.67. The molecule has 4 rings (SSSR count). The first-order valence-corrected chi connectivity index (χ1v) is 8.95. The number of carbonyl (C=O) groups excluding carboxylic acids is 1. The minimum atomic E-state index is -0.219. The molecule has 0 saturated heterocycles. The summed E-state index contributed by atoms with van der Waals surface area (Å²) in [6.07, 6.45) is 3.13. The fourth-order valence-corrected chi connectivity index (χ4v) is 3.25. The molecule has 2 heterocycles. The number of hydrogen-bond acceptors (Lipinski definition) is 3. The fourth-order valence-electron chi connectivity index (χ4n) is 2.89. The van der Waals surface area contributed by atoms with E-state index in [1.54, 1.807) is 11.0 Å². The van der Waals surface area contributed by atoms with Crippen LogP contribution in [0.1, 0.15) is 22.1 Å². The van der Waals surface area contributed by atoms with Crippen molar-refractivity contribution in [1.29, 1.82) is 0 Å². The molecule has 1 atom stereocenters. The first-order chi connectivity index (χ1) is 12.7. The number of aromatic amines is 1. The Bertz CT molecular complexity index is 1030. The predicted octanol–water partition coefficient (Wildman–Crippen LogP) is 3.69. The second kappa shape index (κ2) is 7.13. The molecule has 0 saturated carbocycles. The van der Waals surface area contributed by atoms with E-state index >= 15 is 0 Å². The van der Waals surface area contributed by atoms with Gasteiger partial charge in [0.05, 0.1) is 12.6 Å². The summed E-state index contributed by atoms with van der Waals surface area (Å²) in [6, 6.07) is 17.4. The summed E-state index contributed by atoms with van der Waals surface area (Å²) in [5, 5.41) is 8.23. The molecule has 1 amide bonds. The highest BCUT2D eigenvalue weighted by Crippen LogP contribution is 2.21. The number of nitrogens with zero attached hydrogens (tertiary/aromatic N) is 3. The molecule has 26 heavy (non-hydrogen) atoms. The van der Waals surface area contributed by atoms with Crippen molar-refractivity contribution in [1.82, 2.24) is 25.1 Å². The normalized spacial score (nSPS) is 12.2. The van der Waals surface area contributed by atoms with Crippen molar-refractivity contribution in [3.8, 4) is 0 Å². The average Bonchev–Trinajstić information content (AvgIpc) is 3.31. The highest BCUT2D eigenvalue weighted by Gasteiger charge is 2.18. The number of carbonyl (C=O) groups is 1. The smallest absolute Gasteiger partial charge is 0.268 e. The highest BCUT2D eigenvalue weighted by molar-refractivity contribution is 9.10. The third-order valence-corrected chi connectivity index (χ3v) is 4.67. The lowest BCUT2D eigenvalue weighted by Gasteiger charge is -2.18. The Kier molecular flexibility index (Phi) is 4.53. The summed E-state index contributed by atoms with van der Waals surface area (Å²) >= 11 is 3.45. The Morgan fingerprint density at radius 1 is 1.19 bits per heavy atom. The maximum absolute atomic E-state index is 12.8. The quantitative estimate of drug-likeness (QED) is 0.527. The molecular formula is C19H16BrN5O. The third-order valence-electron chi connectivity index (χ3n) is 4.17. The molecule has 2 N–H and O–H groups in total. The van der Waals surface area contributed by atoms with E-state index in [9.17, 15) is 4.79 Å². The van der Waals surface area contributed by atoms with E-state index < -0.39 is 0 Å². The molecule has 6 nitrogen and oxygen atoms in total. The van der Waals surface area contributed by atoms with Gasteiger partial charge in [0.25, 0.3) is 5.91 Å². The predicted molar refractivity (Wildman–Crippen MR) is 103 cm³/mol. The van der Waals surface area contributed by atoms with Crippen LogP contribution in [-0.2, 0) is 6.54 Å². The standard InChI is InChI=1S/C19H16BrN5O/c20-15-7-6-14-8-17(23-16(14)9-15)19(26)24-18(10-25-12-21-11-22-25)13-4-2-1-3-5-13/h1-9,11-12,18,23H,10H2,(H,24,26). The van der Waals surface area contributed by atoms with Crippen LogP contribution in [0.15, 0.2) is 71.7 Å². The largest absolute Gasteiger partial charge is 0.350 e. The van der Waals surface area contributed by atoms with Crippen molar-refractivity contribution < 1.29 is 4.79 Å². The molecule has 1 unspecified atom stereocenters. The van der Waals surface area contributed by atoms with Crippen molar-refractivity contribution in [2.75, 3.05) is 0 Å². The lowest BCUT2D eigenvalue weighted by molar-refractivity contribution is 0.0927. The number of benzene rings is 2. The van der Waals surface area contributed by atoms with E-state index in [-0.39, 0.29) is 11.9 Å². The summed E-state index contributed by atoms with van der Waals surface area (Å²) in [5.41, 5.74) is 2.45. The van der Waals surface area contributed by atoms with E-state index in [4.69, 9.17) is 0 Å². The minimum absolute atomic E-state index is 0.161. The van der Waals surface area contributed by atoms with Crippen LogP contribution >= 0.6 is 15.9 Å². The van der Waals surface area contributed by atoms with Crippen LogP contribution in [-0.4, -0.2) is 25.7 Å². The Balaban J connectivity index is 1.60. The van der Waals surface area contributed by atoms with Gasteiger partial charge in [-0.1, -0.05) is 52.3 Å². The molecule has 0 spiro atoms. The fraction of sp³-hybridized carbons (Fsp3) is 0.105. The SMILES string of the molecule is O=C(NC(Cn1cncn1)c1ccccc1)c1cc2ccc(Br)cc2[nH]1. The molecule has 4 aromatic rings. The van der Waals surface area contributed by atoms with Crippen LogP contribution in [0.25, 0.3) is 10.9 Å². The van der Waals surface area contributed by atoms with Crippen molar-refractivity contribution in [3.05, 3.63) is 83.0 Å². The van der Waals surface area contributed by atoms with E-state index in [1.165, 1.54) is 6.33 Å². The van der Waals surface area contributed by atoms with Gasteiger partial charge in [-0.3, -0.25) is 9.48 Å². The molecule has 2 aromatic carbocycles. The van der Waals surface area contributed by atoms with Crippen LogP contribution in [0, 0.1) is 0 Å². The van der Waals surface area contributed by atoms with Crippen LogP contribution in [0.5, 0.6) is 0 Å². The van der Waals surface area contributed by atoms with Gasteiger partial charge in [-0.05, 0) is 23.8 Å². The zero-order valence-corrected chi connectivity index (χ0v) is 15.3. The summed E-state index contributed by atoms with van der Waals surface area (Å²) in [5.74, 6) is -0.161. The second-order valence-electron chi connectivity index (χ2n) is 5.97. The van der Waals surface area contributed by atoms with Crippen molar-refractivity contribution >= 4 is 32.7 Å². The van der Waals surface area contributed by atoms with E-state index in [2.05, 4.69) is 36.3 Å². The first kappa shape index (κ1) is 16.5. The number of aromatic nitrogens is 4. The maximum atomic E-state index is 12.8. The van der Waals surface area contributed by atoms with Crippen molar-refractivity contribution in [2.24, 2.45) is 0 Å². The number of H-pyrrole nitrogens is 1. The number of fused-ring (bicyclic) bond motifs is 1. The number of halogens is 1. The lowest BCUT2D eigenvalue weighted by atomic mass is 10.1. The molecule has 0 aliphatic rings. The van der Waals surface area contributed by atoms with Gasteiger partial charge in [-0.25, -0.2) is 4.98 Å². The van der Waals surface area contributed by atoms with E-state index in [0.717, 1.165) is 20.9 Å². The minimum Gasteiger partial charge on any atom is -0.350 e. The lowest BCUT2D eigenvalue weighted by Crippen LogP contribution is -2.31. The van der Waals surface area contributed by atoms with Crippen LogP contribution in [0.3, 0.4) is 0 Å².